The molecule has 0 fully saturated rings. The van der Waals surface area contributed by atoms with Gasteiger partial charge in [0.1, 0.15) is 0 Å². The van der Waals surface area contributed by atoms with E-state index in [4.69, 9.17) is 9.47 Å². The molecular weight excluding hydrogens is 202 g/mol. The molecule has 2 atom stereocenters. The van der Waals surface area contributed by atoms with Crippen molar-refractivity contribution in [2.24, 2.45) is 0 Å². The van der Waals surface area contributed by atoms with E-state index in [1.807, 2.05) is 6.26 Å². The summed E-state index contributed by atoms with van der Waals surface area (Å²) < 4.78 is 10.8. The van der Waals surface area contributed by atoms with E-state index in [-0.39, 0.29) is 6.10 Å². The Labute approximate surface area is 99.2 Å². The van der Waals surface area contributed by atoms with Crippen LogP contribution in [0.25, 0.3) is 0 Å². The van der Waals surface area contributed by atoms with Crippen molar-refractivity contribution in [3.63, 3.8) is 0 Å². The van der Waals surface area contributed by atoms with Crippen molar-refractivity contribution in [1.82, 2.24) is 5.32 Å². The van der Waals surface area contributed by atoms with Gasteiger partial charge in [0, 0.05) is 13.2 Å². The highest BCUT2D eigenvalue weighted by atomic mass is 16.5. The minimum absolute atomic E-state index is 0.289. The van der Waals surface area contributed by atoms with Crippen molar-refractivity contribution in [2.75, 3.05) is 20.3 Å². The zero-order valence-corrected chi connectivity index (χ0v) is 10.8. The highest BCUT2D eigenvalue weighted by molar-refractivity contribution is 5.10. The van der Waals surface area contributed by atoms with Gasteiger partial charge in [-0.25, -0.2) is 0 Å². The smallest absolute Gasteiger partial charge is 0.0876 e. The number of ether oxygens (including phenoxy) is 2. The average molecular weight is 227 g/mol. The van der Waals surface area contributed by atoms with Crippen molar-refractivity contribution in [2.45, 2.75) is 51.7 Å². The van der Waals surface area contributed by atoms with Gasteiger partial charge in [0.2, 0.25) is 0 Å². The van der Waals surface area contributed by atoms with E-state index < -0.39 is 0 Å². The third kappa shape index (κ3) is 4.54. The summed E-state index contributed by atoms with van der Waals surface area (Å²) in [5.74, 6) is 0. The standard InChI is InChI=1S/C13H25NO2/c1-4-7-14-13(9-11(2)15-3)12-6-5-8-16-10-12/h10-11,13-14H,4-9H2,1-3H3. The van der Waals surface area contributed by atoms with Crippen molar-refractivity contribution < 1.29 is 9.47 Å². The zero-order valence-electron chi connectivity index (χ0n) is 10.8. The lowest BCUT2D eigenvalue weighted by Gasteiger charge is -2.26. The SMILES string of the molecule is CCCNC(CC(C)OC)C1=COCCC1. The molecular formula is C13H25NO2. The molecule has 16 heavy (non-hydrogen) atoms. The first-order chi connectivity index (χ1) is 7.77. The van der Waals surface area contributed by atoms with Crippen LogP contribution in [0.3, 0.4) is 0 Å². The van der Waals surface area contributed by atoms with Crippen molar-refractivity contribution in [3.8, 4) is 0 Å². The fraction of sp³-hybridized carbons (Fsp3) is 0.846. The summed E-state index contributed by atoms with van der Waals surface area (Å²) >= 11 is 0. The van der Waals surface area contributed by atoms with Gasteiger partial charge in [-0.15, -0.1) is 0 Å². The zero-order chi connectivity index (χ0) is 11.8. The van der Waals surface area contributed by atoms with Crippen LogP contribution in [0, 0.1) is 0 Å². The van der Waals surface area contributed by atoms with Crippen LogP contribution in [-0.2, 0) is 9.47 Å². The summed E-state index contributed by atoms with van der Waals surface area (Å²) in [5, 5.41) is 3.58. The van der Waals surface area contributed by atoms with Gasteiger partial charge in [0.15, 0.2) is 0 Å². The van der Waals surface area contributed by atoms with E-state index in [1.54, 1.807) is 7.11 Å². The summed E-state index contributed by atoms with van der Waals surface area (Å²) in [6.45, 7) is 6.22. The fourth-order valence-corrected chi connectivity index (χ4v) is 1.95. The Morgan fingerprint density at radius 2 is 2.38 bits per heavy atom. The van der Waals surface area contributed by atoms with Gasteiger partial charge in [-0.3, -0.25) is 0 Å². The van der Waals surface area contributed by atoms with Gasteiger partial charge in [0.25, 0.3) is 0 Å². The maximum absolute atomic E-state index is 5.42. The number of nitrogens with one attached hydrogen (secondary N) is 1. The van der Waals surface area contributed by atoms with E-state index in [9.17, 15) is 0 Å². The minimum atomic E-state index is 0.289. The lowest BCUT2D eigenvalue weighted by atomic mass is 9.97. The Morgan fingerprint density at radius 3 is 2.94 bits per heavy atom. The van der Waals surface area contributed by atoms with Gasteiger partial charge in [0.05, 0.1) is 19.0 Å². The summed E-state index contributed by atoms with van der Waals surface area (Å²) in [7, 11) is 1.77. The van der Waals surface area contributed by atoms with Gasteiger partial charge in [-0.05, 0) is 44.7 Å². The summed E-state index contributed by atoms with van der Waals surface area (Å²) in [6, 6.07) is 0.412. The molecule has 3 nitrogen and oxygen atoms in total. The Balaban J connectivity index is 2.51. The first-order valence-corrected chi connectivity index (χ1v) is 6.34. The second-order valence-electron chi connectivity index (χ2n) is 4.46. The van der Waals surface area contributed by atoms with E-state index in [0.29, 0.717) is 6.04 Å². The van der Waals surface area contributed by atoms with Crippen LogP contribution in [0.5, 0.6) is 0 Å². The summed E-state index contributed by atoms with van der Waals surface area (Å²) in [6.07, 6.45) is 6.70. The second-order valence-corrected chi connectivity index (χ2v) is 4.46. The molecule has 0 aromatic rings. The van der Waals surface area contributed by atoms with Gasteiger partial charge in [-0.1, -0.05) is 6.92 Å². The van der Waals surface area contributed by atoms with Gasteiger partial charge in [-0.2, -0.15) is 0 Å². The Bertz CT molecular complexity index is 216. The topological polar surface area (TPSA) is 30.5 Å². The molecule has 0 aromatic carbocycles. The Hall–Kier alpha value is -0.540. The van der Waals surface area contributed by atoms with E-state index in [1.165, 1.54) is 5.57 Å². The molecule has 0 aliphatic carbocycles. The molecule has 1 N–H and O–H groups in total. The monoisotopic (exact) mass is 227 g/mol. The molecule has 0 bridgehead atoms. The third-order valence-electron chi connectivity index (χ3n) is 3.02. The maximum Gasteiger partial charge on any atom is 0.0876 e. The molecule has 1 aliphatic heterocycles. The van der Waals surface area contributed by atoms with Crippen molar-refractivity contribution in [1.29, 1.82) is 0 Å². The molecule has 3 heteroatoms. The summed E-state index contributed by atoms with van der Waals surface area (Å²) in [4.78, 5) is 0. The van der Waals surface area contributed by atoms with Crippen LogP contribution in [0.2, 0.25) is 0 Å². The molecule has 0 aromatic heterocycles. The van der Waals surface area contributed by atoms with Crippen LogP contribution in [-0.4, -0.2) is 32.4 Å². The predicted molar refractivity (Wildman–Crippen MR) is 66.4 cm³/mol. The van der Waals surface area contributed by atoms with E-state index in [2.05, 4.69) is 19.2 Å². The van der Waals surface area contributed by atoms with Crippen LogP contribution >= 0.6 is 0 Å². The molecule has 1 rings (SSSR count). The van der Waals surface area contributed by atoms with Crippen molar-refractivity contribution in [3.05, 3.63) is 11.8 Å². The quantitative estimate of drug-likeness (QED) is 0.725. The number of rotatable bonds is 7. The van der Waals surface area contributed by atoms with E-state index >= 15 is 0 Å². The first-order valence-electron chi connectivity index (χ1n) is 6.34. The first kappa shape index (κ1) is 13.5. The van der Waals surface area contributed by atoms with Crippen LogP contribution < -0.4 is 5.32 Å². The molecule has 0 amide bonds. The van der Waals surface area contributed by atoms with Crippen molar-refractivity contribution >= 4 is 0 Å². The molecule has 0 spiro atoms. The largest absolute Gasteiger partial charge is 0.501 e. The number of methoxy groups -OCH3 is 1. The average Bonchev–Trinajstić information content (AvgIpc) is 2.35. The van der Waals surface area contributed by atoms with Crippen LogP contribution in [0.1, 0.15) is 39.5 Å². The minimum Gasteiger partial charge on any atom is -0.501 e. The van der Waals surface area contributed by atoms with Gasteiger partial charge >= 0.3 is 0 Å². The molecule has 0 saturated carbocycles. The highest BCUT2D eigenvalue weighted by Crippen LogP contribution is 2.19. The fourth-order valence-electron chi connectivity index (χ4n) is 1.95. The molecule has 0 saturated heterocycles. The lowest BCUT2D eigenvalue weighted by Crippen LogP contribution is -2.35. The second kappa shape index (κ2) is 7.69. The van der Waals surface area contributed by atoms with Crippen LogP contribution in [0.4, 0.5) is 0 Å². The molecule has 0 radical (unpaired) electrons. The third-order valence-corrected chi connectivity index (χ3v) is 3.02. The Kier molecular flexibility index (Phi) is 6.50. The number of hydrogen-bond donors (Lipinski definition) is 1. The highest BCUT2D eigenvalue weighted by Gasteiger charge is 2.18. The predicted octanol–water partition coefficient (Wildman–Crippen LogP) is 2.47. The summed E-state index contributed by atoms with van der Waals surface area (Å²) in [5.41, 5.74) is 1.39. The van der Waals surface area contributed by atoms with E-state index in [0.717, 1.165) is 38.8 Å². The normalized spacial score (nSPS) is 19.8. The number of hydrogen-bond acceptors (Lipinski definition) is 3. The molecule has 94 valence electrons. The lowest BCUT2D eigenvalue weighted by molar-refractivity contribution is 0.102. The molecule has 1 heterocycles. The van der Waals surface area contributed by atoms with Gasteiger partial charge < -0.3 is 14.8 Å². The molecule has 2 unspecified atom stereocenters. The molecule has 1 aliphatic rings. The Morgan fingerprint density at radius 1 is 1.56 bits per heavy atom. The van der Waals surface area contributed by atoms with Crippen LogP contribution in [0.15, 0.2) is 11.8 Å². The maximum atomic E-state index is 5.42.